The molecular formula is C39H60N4O4. The van der Waals surface area contributed by atoms with Crippen molar-refractivity contribution in [1.29, 1.82) is 0 Å². The highest BCUT2D eigenvalue weighted by molar-refractivity contribution is 5.82. The number of fused-ring (bicyclic) bond motifs is 2. The first kappa shape index (κ1) is 36.0. The van der Waals surface area contributed by atoms with Crippen LogP contribution >= 0.6 is 0 Å². The third kappa shape index (κ3) is 8.11. The first-order valence-corrected chi connectivity index (χ1v) is 18.0. The Kier molecular flexibility index (Phi) is 11.8. The lowest BCUT2D eigenvalue weighted by Crippen LogP contribution is -2.62. The van der Waals surface area contributed by atoms with Crippen molar-refractivity contribution in [1.82, 2.24) is 20.2 Å². The summed E-state index contributed by atoms with van der Waals surface area (Å²) in [6.07, 6.45) is 3.01. The van der Waals surface area contributed by atoms with Crippen LogP contribution in [0.4, 0.5) is 0 Å². The van der Waals surface area contributed by atoms with Gasteiger partial charge in [0.2, 0.25) is 5.91 Å². The molecule has 1 amide bonds. The Morgan fingerprint density at radius 2 is 1.74 bits per heavy atom. The number of nitrogens with one attached hydrogen (secondary N) is 1. The van der Waals surface area contributed by atoms with Crippen LogP contribution in [0.3, 0.4) is 0 Å². The Hall–Kier alpha value is -2.33. The van der Waals surface area contributed by atoms with Crippen LogP contribution in [0.25, 0.3) is 0 Å². The predicted octanol–water partition coefficient (Wildman–Crippen LogP) is 5.08. The average Bonchev–Trinajstić information content (AvgIpc) is 3.40. The molecule has 47 heavy (non-hydrogen) atoms. The number of carbonyl (C=O) groups excluding carboxylic acids is 1. The third-order valence-corrected chi connectivity index (χ3v) is 11.7. The molecule has 1 aliphatic heterocycles. The fourth-order valence-corrected chi connectivity index (χ4v) is 9.00. The standard InChI is InChI=1S/C39H60N4O4/c1-8-13-32(24-41(6)7)42(21-28-14-10-9-11-15-28)22-29-16-12-17-30(18-29)23-43-37(36(27(3)45)35(25-44)47-43)38(46)40-34-20-31-19-33(26(34)2)39(31,4)5/h9-12,14-18,26-27,31-37,44-45H,8,13,19-25H2,1-7H3,(H,40,46)/t26-,27-,31-,32-,33+,34-,35-,36+,37-/m0/s1. The van der Waals surface area contributed by atoms with Gasteiger partial charge in [-0.15, -0.1) is 0 Å². The maximum absolute atomic E-state index is 14.1. The maximum Gasteiger partial charge on any atom is 0.240 e. The Morgan fingerprint density at radius 1 is 1.06 bits per heavy atom. The number of aliphatic hydroxyl groups excluding tert-OH is 2. The van der Waals surface area contributed by atoms with Gasteiger partial charge in [0.1, 0.15) is 12.1 Å². The highest BCUT2D eigenvalue weighted by Crippen LogP contribution is 2.61. The highest BCUT2D eigenvalue weighted by atomic mass is 16.7. The molecule has 8 nitrogen and oxygen atoms in total. The topological polar surface area (TPSA) is 88.5 Å². The molecule has 0 unspecified atom stereocenters. The van der Waals surface area contributed by atoms with Crippen LogP contribution in [0.2, 0.25) is 0 Å². The fourth-order valence-electron chi connectivity index (χ4n) is 9.00. The molecule has 0 spiro atoms. The van der Waals surface area contributed by atoms with Gasteiger partial charge in [-0.3, -0.25) is 14.5 Å². The van der Waals surface area contributed by atoms with Gasteiger partial charge in [0, 0.05) is 37.6 Å². The van der Waals surface area contributed by atoms with Gasteiger partial charge < -0.3 is 20.4 Å². The number of aliphatic hydroxyl groups is 2. The number of hydrogen-bond acceptors (Lipinski definition) is 7. The molecule has 4 fully saturated rings. The molecular weight excluding hydrogens is 588 g/mol. The first-order valence-electron chi connectivity index (χ1n) is 18.0. The fraction of sp³-hybridized carbons (Fsp3) is 0.667. The summed E-state index contributed by atoms with van der Waals surface area (Å²) >= 11 is 0. The van der Waals surface area contributed by atoms with Crippen molar-refractivity contribution in [2.45, 2.75) is 110 Å². The lowest BCUT2D eigenvalue weighted by molar-refractivity contribution is -0.183. The van der Waals surface area contributed by atoms with E-state index in [-0.39, 0.29) is 18.6 Å². The van der Waals surface area contributed by atoms with Gasteiger partial charge in [0.25, 0.3) is 0 Å². The van der Waals surface area contributed by atoms with Crippen LogP contribution < -0.4 is 5.32 Å². The Morgan fingerprint density at radius 3 is 2.36 bits per heavy atom. The van der Waals surface area contributed by atoms with E-state index in [0.717, 1.165) is 44.5 Å². The summed E-state index contributed by atoms with van der Waals surface area (Å²) in [5, 5.41) is 26.2. The van der Waals surface area contributed by atoms with Crippen LogP contribution in [0.15, 0.2) is 54.6 Å². The summed E-state index contributed by atoms with van der Waals surface area (Å²) < 4.78 is 0. The van der Waals surface area contributed by atoms with Gasteiger partial charge in [-0.05, 0) is 80.1 Å². The van der Waals surface area contributed by atoms with E-state index in [1.165, 1.54) is 17.5 Å². The van der Waals surface area contributed by atoms with Crippen LogP contribution in [-0.2, 0) is 29.3 Å². The lowest BCUT2D eigenvalue weighted by atomic mass is 9.45. The van der Waals surface area contributed by atoms with Gasteiger partial charge in [-0.1, -0.05) is 88.7 Å². The molecule has 8 heteroatoms. The van der Waals surface area contributed by atoms with Crippen molar-refractivity contribution in [3.63, 3.8) is 0 Å². The van der Waals surface area contributed by atoms with E-state index >= 15 is 0 Å². The summed E-state index contributed by atoms with van der Waals surface area (Å²) in [4.78, 5) is 25.2. The van der Waals surface area contributed by atoms with E-state index in [1.54, 1.807) is 12.0 Å². The molecule has 3 N–H and O–H groups in total. The maximum atomic E-state index is 14.1. The van der Waals surface area contributed by atoms with Gasteiger partial charge in [0.05, 0.1) is 19.3 Å². The summed E-state index contributed by atoms with van der Waals surface area (Å²) in [7, 11) is 4.29. The van der Waals surface area contributed by atoms with Crippen LogP contribution in [0, 0.1) is 29.1 Å². The Bertz CT molecular complexity index is 1300. The van der Waals surface area contributed by atoms with Gasteiger partial charge >= 0.3 is 0 Å². The summed E-state index contributed by atoms with van der Waals surface area (Å²) in [5.74, 6) is 0.989. The largest absolute Gasteiger partial charge is 0.394 e. The zero-order chi connectivity index (χ0) is 33.9. The summed E-state index contributed by atoms with van der Waals surface area (Å²) in [6, 6.07) is 19.1. The Balaban J connectivity index is 1.34. The molecule has 3 saturated carbocycles. The zero-order valence-corrected chi connectivity index (χ0v) is 29.8. The predicted molar refractivity (Wildman–Crippen MR) is 187 cm³/mol. The van der Waals surface area contributed by atoms with Crippen molar-refractivity contribution < 1.29 is 19.8 Å². The molecule has 4 aliphatic rings. The number of rotatable bonds is 15. The lowest BCUT2D eigenvalue weighted by Gasteiger charge is -2.62. The smallest absolute Gasteiger partial charge is 0.240 e. The van der Waals surface area contributed by atoms with Crippen molar-refractivity contribution >= 4 is 5.91 Å². The molecule has 0 aromatic heterocycles. The molecule has 1 heterocycles. The van der Waals surface area contributed by atoms with E-state index < -0.39 is 24.2 Å². The van der Waals surface area contributed by atoms with E-state index in [0.29, 0.717) is 35.8 Å². The number of nitrogens with zero attached hydrogens (tertiary/aromatic N) is 3. The molecule has 1 saturated heterocycles. The van der Waals surface area contributed by atoms with Crippen molar-refractivity contribution in [2.24, 2.45) is 29.1 Å². The minimum absolute atomic E-state index is 0.112. The average molecular weight is 649 g/mol. The number of amides is 1. The molecule has 3 aliphatic carbocycles. The van der Waals surface area contributed by atoms with E-state index in [9.17, 15) is 15.0 Å². The highest BCUT2D eigenvalue weighted by Gasteiger charge is 2.57. The molecule has 9 atom stereocenters. The zero-order valence-electron chi connectivity index (χ0n) is 29.8. The molecule has 260 valence electrons. The van der Waals surface area contributed by atoms with Crippen molar-refractivity contribution in [3.05, 3.63) is 71.3 Å². The van der Waals surface area contributed by atoms with Gasteiger partial charge in [0.15, 0.2) is 0 Å². The molecule has 6 rings (SSSR count). The number of hydroxylamine groups is 2. The summed E-state index contributed by atoms with van der Waals surface area (Å²) in [6.45, 7) is 13.7. The minimum atomic E-state index is -0.811. The normalized spacial score (nSPS) is 29.9. The van der Waals surface area contributed by atoms with Gasteiger partial charge in [-0.2, -0.15) is 5.06 Å². The number of likely N-dealkylation sites (N-methyl/N-ethyl adjacent to an activating group) is 1. The minimum Gasteiger partial charge on any atom is -0.394 e. The molecule has 2 aromatic rings. The van der Waals surface area contributed by atoms with E-state index in [2.05, 4.69) is 112 Å². The van der Waals surface area contributed by atoms with Crippen LogP contribution in [-0.4, -0.2) is 88.6 Å². The second kappa shape index (κ2) is 15.5. The van der Waals surface area contributed by atoms with Gasteiger partial charge in [-0.25, -0.2) is 0 Å². The quantitative estimate of drug-likeness (QED) is 0.248. The molecule has 2 bridgehead atoms. The van der Waals surface area contributed by atoms with Crippen molar-refractivity contribution in [3.8, 4) is 0 Å². The van der Waals surface area contributed by atoms with E-state index in [1.807, 2.05) is 0 Å². The second-order valence-corrected chi connectivity index (χ2v) is 15.7. The monoisotopic (exact) mass is 648 g/mol. The SMILES string of the molecule is CCC[C@@H](CN(C)C)N(Cc1ccccc1)Cc1cccc(CN2O[C@@H](CO)[C@@H]([C@H](C)O)[C@H]2C(=O)N[C@H]2C[C@@H]3C[C@H]([C@@H]2C)C3(C)C)c1. The number of hydrogen-bond donors (Lipinski definition) is 3. The molecule has 2 aromatic carbocycles. The van der Waals surface area contributed by atoms with Crippen molar-refractivity contribution in [2.75, 3.05) is 27.2 Å². The van der Waals surface area contributed by atoms with Crippen LogP contribution in [0.1, 0.15) is 77.0 Å². The third-order valence-electron chi connectivity index (χ3n) is 11.7. The van der Waals surface area contributed by atoms with Crippen LogP contribution in [0.5, 0.6) is 0 Å². The first-order chi connectivity index (χ1) is 22.4. The Labute approximate surface area is 283 Å². The van der Waals surface area contributed by atoms with E-state index in [4.69, 9.17) is 4.84 Å². The second-order valence-electron chi connectivity index (χ2n) is 15.7. The number of benzene rings is 2. The molecule has 0 radical (unpaired) electrons. The number of carbonyl (C=O) groups is 1. The summed E-state index contributed by atoms with van der Waals surface area (Å²) in [5.41, 5.74) is 3.88.